The summed E-state index contributed by atoms with van der Waals surface area (Å²) in [6.07, 6.45) is 47.2. The Labute approximate surface area is 568 Å². The number of phosphoric ester groups is 2. The zero-order chi connectivity index (χ0) is 68.9. The number of carbonyl (C=O) groups is 4. The van der Waals surface area contributed by atoms with Crippen molar-refractivity contribution in [2.75, 3.05) is 39.6 Å². The molecular formula is C74H144O17P2. The van der Waals surface area contributed by atoms with Gasteiger partial charge in [0.15, 0.2) is 12.2 Å². The van der Waals surface area contributed by atoms with Gasteiger partial charge in [0.2, 0.25) is 0 Å². The van der Waals surface area contributed by atoms with Gasteiger partial charge in [0.05, 0.1) is 26.4 Å². The van der Waals surface area contributed by atoms with Gasteiger partial charge in [0.1, 0.15) is 19.3 Å². The molecule has 552 valence electrons. The second kappa shape index (κ2) is 63.5. The fraction of sp³-hybridized carbons (Fsp3) is 0.946. The molecule has 4 unspecified atom stereocenters. The largest absolute Gasteiger partial charge is 0.472 e. The van der Waals surface area contributed by atoms with Gasteiger partial charge in [-0.15, -0.1) is 0 Å². The van der Waals surface area contributed by atoms with E-state index in [0.29, 0.717) is 25.7 Å². The van der Waals surface area contributed by atoms with E-state index < -0.39 is 97.5 Å². The number of phosphoric acid groups is 2. The third kappa shape index (κ3) is 67.0. The van der Waals surface area contributed by atoms with Crippen LogP contribution in [-0.4, -0.2) is 96.7 Å². The first-order valence-electron chi connectivity index (χ1n) is 38.2. The molecule has 0 bridgehead atoms. The van der Waals surface area contributed by atoms with E-state index in [4.69, 9.17) is 37.0 Å². The van der Waals surface area contributed by atoms with Crippen LogP contribution in [0, 0.1) is 23.7 Å². The summed E-state index contributed by atoms with van der Waals surface area (Å²) in [5, 5.41) is 10.6. The second-order valence-electron chi connectivity index (χ2n) is 28.4. The SMILES string of the molecule is CCC(C)CCCCCCCCCCC(=O)O[C@H](COC(=O)CCCCCCCCCCC(C)C)COP(=O)(O)OCC(O)COP(=O)(O)OC[C@@H](COC(=O)CCCCCCCCCCCCCCCCCC(C)C)OC(=O)CCCCCCCCCCCC(C)C. The van der Waals surface area contributed by atoms with Gasteiger partial charge < -0.3 is 33.8 Å². The van der Waals surface area contributed by atoms with Crippen molar-refractivity contribution in [3.05, 3.63) is 0 Å². The Morgan fingerprint density at radius 2 is 0.516 bits per heavy atom. The van der Waals surface area contributed by atoms with E-state index in [1.807, 2.05) is 0 Å². The Morgan fingerprint density at radius 1 is 0.301 bits per heavy atom. The van der Waals surface area contributed by atoms with Gasteiger partial charge in [-0.25, -0.2) is 9.13 Å². The summed E-state index contributed by atoms with van der Waals surface area (Å²) >= 11 is 0. The van der Waals surface area contributed by atoms with Crippen LogP contribution in [0.5, 0.6) is 0 Å². The van der Waals surface area contributed by atoms with Crippen molar-refractivity contribution in [3.8, 4) is 0 Å². The number of esters is 4. The van der Waals surface area contributed by atoms with E-state index in [-0.39, 0.29) is 25.7 Å². The summed E-state index contributed by atoms with van der Waals surface area (Å²) in [4.78, 5) is 72.7. The third-order valence-corrected chi connectivity index (χ3v) is 19.3. The van der Waals surface area contributed by atoms with Crippen LogP contribution in [0.15, 0.2) is 0 Å². The minimum Gasteiger partial charge on any atom is -0.462 e. The molecule has 0 radical (unpaired) electrons. The highest BCUT2D eigenvalue weighted by atomic mass is 31.2. The zero-order valence-corrected chi connectivity index (χ0v) is 62.7. The fourth-order valence-electron chi connectivity index (χ4n) is 11.2. The standard InChI is InChI=1S/C74H144O17P2/c1-9-67(8)53-45-37-29-23-25-33-41-49-57-74(79)91-70(61-85-72(77)55-47-39-31-24-22-28-36-44-52-66(6)7)63-89-93(82,83)87-59-68(75)58-86-92(80,81)88-62-69(90-73(78)56-48-40-32-21-17-19-27-35-43-51-65(4)5)60-84-71(76)54-46-38-30-20-16-14-12-10-11-13-15-18-26-34-42-50-64(2)3/h64-70,75H,9-63H2,1-8H3,(H,80,81)(H,82,83)/t67?,68?,69-,70-/m1/s1. The number of hydrogen-bond donors (Lipinski definition) is 3. The molecule has 3 N–H and O–H groups in total. The van der Waals surface area contributed by atoms with E-state index in [9.17, 15) is 43.2 Å². The predicted octanol–water partition coefficient (Wildman–Crippen LogP) is 21.3. The summed E-state index contributed by atoms with van der Waals surface area (Å²) in [6.45, 7) is 14.1. The Morgan fingerprint density at radius 3 is 0.763 bits per heavy atom. The molecule has 19 heteroatoms. The van der Waals surface area contributed by atoms with Crippen LogP contribution in [-0.2, 0) is 65.4 Å². The Bertz CT molecular complexity index is 1840. The smallest absolute Gasteiger partial charge is 0.462 e. The molecule has 0 spiro atoms. The molecule has 0 aliphatic rings. The van der Waals surface area contributed by atoms with E-state index in [2.05, 4.69) is 55.4 Å². The zero-order valence-electron chi connectivity index (χ0n) is 60.9. The number of rotatable bonds is 71. The molecule has 0 aliphatic carbocycles. The maximum atomic E-state index is 13.1. The van der Waals surface area contributed by atoms with Crippen molar-refractivity contribution in [2.24, 2.45) is 23.7 Å². The van der Waals surface area contributed by atoms with E-state index in [1.54, 1.807) is 0 Å². The van der Waals surface area contributed by atoms with Gasteiger partial charge in [-0.05, 0) is 49.4 Å². The van der Waals surface area contributed by atoms with Gasteiger partial charge in [0.25, 0.3) is 0 Å². The topological polar surface area (TPSA) is 237 Å². The number of aliphatic hydroxyl groups is 1. The number of ether oxygens (including phenoxy) is 4. The van der Waals surface area contributed by atoms with Gasteiger partial charge in [-0.2, -0.15) is 0 Å². The summed E-state index contributed by atoms with van der Waals surface area (Å²) in [6, 6.07) is 0. The van der Waals surface area contributed by atoms with Gasteiger partial charge >= 0.3 is 39.5 Å². The van der Waals surface area contributed by atoms with Gasteiger partial charge in [-0.3, -0.25) is 37.3 Å². The molecule has 0 aromatic carbocycles. The van der Waals surface area contributed by atoms with Crippen molar-refractivity contribution in [3.63, 3.8) is 0 Å². The summed E-state index contributed by atoms with van der Waals surface area (Å²) in [5.74, 6) is 0.913. The molecule has 0 rings (SSSR count). The van der Waals surface area contributed by atoms with Gasteiger partial charge in [-0.1, -0.05) is 319 Å². The number of hydrogen-bond acceptors (Lipinski definition) is 15. The highest BCUT2D eigenvalue weighted by Crippen LogP contribution is 2.45. The van der Waals surface area contributed by atoms with Crippen LogP contribution < -0.4 is 0 Å². The first-order valence-corrected chi connectivity index (χ1v) is 41.2. The molecule has 0 aliphatic heterocycles. The summed E-state index contributed by atoms with van der Waals surface area (Å²) < 4.78 is 68.4. The first-order chi connectivity index (χ1) is 44.6. The lowest BCUT2D eigenvalue weighted by atomic mass is 9.99. The number of aliphatic hydroxyl groups excluding tert-OH is 1. The van der Waals surface area contributed by atoms with Crippen molar-refractivity contribution < 1.29 is 80.2 Å². The monoisotopic (exact) mass is 1370 g/mol. The summed E-state index contributed by atoms with van der Waals surface area (Å²) in [5.41, 5.74) is 0. The Balaban J connectivity index is 5.23. The van der Waals surface area contributed by atoms with E-state index in [0.717, 1.165) is 114 Å². The third-order valence-electron chi connectivity index (χ3n) is 17.4. The molecular weight excluding hydrogens is 1220 g/mol. The first kappa shape index (κ1) is 91.1. The molecule has 6 atom stereocenters. The highest BCUT2D eigenvalue weighted by molar-refractivity contribution is 7.47. The van der Waals surface area contributed by atoms with Crippen molar-refractivity contribution in [1.29, 1.82) is 0 Å². The minimum atomic E-state index is -4.96. The number of carbonyl (C=O) groups excluding carboxylic acids is 4. The lowest BCUT2D eigenvalue weighted by Crippen LogP contribution is -2.30. The normalized spacial score (nSPS) is 14.5. The maximum absolute atomic E-state index is 13.1. The Hall–Kier alpha value is -1.94. The average Bonchev–Trinajstić information content (AvgIpc) is 1.96. The molecule has 0 saturated carbocycles. The molecule has 93 heavy (non-hydrogen) atoms. The van der Waals surface area contributed by atoms with Crippen LogP contribution in [0.25, 0.3) is 0 Å². The van der Waals surface area contributed by atoms with Crippen LogP contribution in [0.4, 0.5) is 0 Å². The van der Waals surface area contributed by atoms with Crippen molar-refractivity contribution >= 4 is 39.5 Å². The predicted molar refractivity (Wildman–Crippen MR) is 377 cm³/mol. The fourth-order valence-corrected chi connectivity index (χ4v) is 12.7. The quantitative estimate of drug-likeness (QED) is 0.0222. The molecule has 0 saturated heterocycles. The van der Waals surface area contributed by atoms with Crippen LogP contribution in [0.1, 0.15) is 370 Å². The molecule has 0 fully saturated rings. The molecule has 0 heterocycles. The van der Waals surface area contributed by atoms with Crippen LogP contribution in [0.2, 0.25) is 0 Å². The summed E-state index contributed by atoms with van der Waals surface area (Å²) in [7, 11) is -9.91. The van der Waals surface area contributed by atoms with E-state index >= 15 is 0 Å². The maximum Gasteiger partial charge on any atom is 0.472 e. The van der Waals surface area contributed by atoms with Crippen molar-refractivity contribution in [2.45, 2.75) is 388 Å². The molecule has 0 aromatic heterocycles. The minimum absolute atomic E-state index is 0.104. The second-order valence-corrected chi connectivity index (χ2v) is 31.3. The van der Waals surface area contributed by atoms with E-state index in [1.165, 1.54) is 173 Å². The molecule has 0 aromatic rings. The van der Waals surface area contributed by atoms with Crippen LogP contribution >= 0.6 is 15.6 Å². The van der Waals surface area contributed by atoms with Gasteiger partial charge in [0, 0.05) is 25.7 Å². The average molecular weight is 1370 g/mol. The lowest BCUT2D eigenvalue weighted by Gasteiger charge is -2.21. The van der Waals surface area contributed by atoms with Crippen LogP contribution in [0.3, 0.4) is 0 Å². The number of unbranched alkanes of at least 4 members (excludes halogenated alkanes) is 36. The van der Waals surface area contributed by atoms with Crippen molar-refractivity contribution in [1.82, 2.24) is 0 Å². The molecule has 17 nitrogen and oxygen atoms in total. The highest BCUT2D eigenvalue weighted by Gasteiger charge is 2.30. The molecule has 0 amide bonds. The Kier molecular flexibility index (Phi) is 62.2. The lowest BCUT2D eigenvalue weighted by molar-refractivity contribution is -0.161.